The van der Waals surface area contributed by atoms with Crippen LogP contribution in [0.1, 0.15) is 11.3 Å². The van der Waals surface area contributed by atoms with Crippen molar-refractivity contribution in [1.82, 2.24) is 15.2 Å². The summed E-state index contributed by atoms with van der Waals surface area (Å²) in [6.07, 6.45) is 1.45. The van der Waals surface area contributed by atoms with E-state index < -0.39 is 5.97 Å². The molecule has 2 N–H and O–H groups in total. The predicted octanol–water partition coefficient (Wildman–Crippen LogP) is 6.04. The van der Waals surface area contributed by atoms with E-state index in [9.17, 15) is 9.90 Å². The van der Waals surface area contributed by atoms with Gasteiger partial charge in [-0.1, -0.05) is 22.0 Å². The van der Waals surface area contributed by atoms with Gasteiger partial charge in [0, 0.05) is 27.7 Å². The number of aryl methyl sites for hydroxylation is 1. The SMILES string of the molecule is COc1cc(OC)cc(-c2nc(S/C(=C\c3ccc(-c4ccc(C)cc4Br)o3)C(=O)O)n[nH]2)c1. The molecule has 4 rings (SSSR count). The number of carboxylic acid groups (broad SMARTS) is 1. The topological polar surface area (TPSA) is 110 Å². The maximum Gasteiger partial charge on any atom is 0.342 e. The van der Waals surface area contributed by atoms with E-state index in [1.165, 1.54) is 6.08 Å². The van der Waals surface area contributed by atoms with Crippen LogP contribution in [-0.2, 0) is 4.79 Å². The van der Waals surface area contributed by atoms with Crippen LogP contribution >= 0.6 is 27.7 Å². The van der Waals surface area contributed by atoms with Crippen molar-refractivity contribution in [3.05, 3.63) is 69.2 Å². The van der Waals surface area contributed by atoms with Crippen molar-refractivity contribution in [1.29, 1.82) is 0 Å². The van der Waals surface area contributed by atoms with Gasteiger partial charge in [0.1, 0.15) is 27.9 Å². The number of benzene rings is 2. The molecular weight excluding hydrogens is 522 g/mol. The Bertz CT molecular complexity index is 1360. The normalized spacial score (nSPS) is 11.5. The molecule has 34 heavy (non-hydrogen) atoms. The average Bonchev–Trinajstić information content (AvgIpc) is 3.48. The third-order valence-corrected chi connectivity index (χ3v) is 6.33. The van der Waals surface area contributed by atoms with Gasteiger partial charge in [0.2, 0.25) is 5.16 Å². The van der Waals surface area contributed by atoms with Gasteiger partial charge in [-0.2, -0.15) is 0 Å². The summed E-state index contributed by atoms with van der Waals surface area (Å²) < 4.78 is 17.3. The highest BCUT2D eigenvalue weighted by Gasteiger charge is 2.17. The summed E-state index contributed by atoms with van der Waals surface area (Å²) in [4.78, 5) is 16.3. The fourth-order valence-corrected chi connectivity index (χ4v) is 4.50. The molecule has 0 unspecified atom stereocenters. The highest BCUT2D eigenvalue weighted by molar-refractivity contribution is 9.10. The van der Waals surface area contributed by atoms with Crippen LogP contribution in [0.25, 0.3) is 28.8 Å². The minimum Gasteiger partial charge on any atom is -0.497 e. The summed E-state index contributed by atoms with van der Waals surface area (Å²) in [6.45, 7) is 2.00. The van der Waals surface area contributed by atoms with Gasteiger partial charge in [-0.3, -0.25) is 5.10 Å². The first-order valence-electron chi connectivity index (χ1n) is 10.0. The molecule has 0 atom stereocenters. The van der Waals surface area contributed by atoms with Crippen molar-refractivity contribution < 1.29 is 23.8 Å². The molecule has 10 heteroatoms. The van der Waals surface area contributed by atoms with Crippen LogP contribution < -0.4 is 9.47 Å². The Kier molecular flexibility index (Phi) is 7.09. The molecule has 0 aliphatic carbocycles. The third-order valence-electron chi connectivity index (χ3n) is 4.79. The Morgan fingerprint density at radius 2 is 1.85 bits per heavy atom. The van der Waals surface area contributed by atoms with E-state index in [1.807, 2.05) is 25.1 Å². The molecule has 4 aromatic rings. The van der Waals surface area contributed by atoms with E-state index in [0.717, 1.165) is 27.4 Å². The monoisotopic (exact) mass is 541 g/mol. The first-order valence-corrected chi connectivity index (χ1v) is 11.6. The first kappa shape index (κ1) is 23.7. The zero-order chi connectivity index (χ0) is 24.2. The molecule has 0 bridgehead atoms. The first-order chi connectivity index (χ1) is 16.4. The Morgan fingerprint density at radius 1 is 1.12 bits per heavy atom. The number of nitrogens with one attached hydrogen (secondary N) is 1. The van der Waals surface area contributed by atoms with E-state index >= 15 is 0 Å². The number of carboxylic acids is 1. The summed E-state index contributed by atoms with van der Waals surface area (Å²) in [5.41, 5.74) is 2.68. The lowest BCUT2D eigenvalue weighted by molar-refractivity contribution is -0.131. The average molecular weight is 542 g/mol. The summed E-state index contributed by atoms with van der Waals surface area (Å²) in [7, 11) is 3.11. The summed E-state index contributed by atoms with van der Waals surface area (Å²) in [5, 5.41) is 16.9. The highest BCUT2D eigenvalue weighted by Crippen LogP contribution is 2.33. The van der Waals surface area contributed by atoms with Crippen LogP contribution in [0.2, 0.25) is 0 Å². The van der Waals surface area contributed by atoms with E-state index in [4.69, 9.17) is 13.9 Å². The van der Waals surface area contributed by atoms with Crippen LogP contribution in [0.15, 0.2) is 67.5 Å². The number of hydrogen-bond acceptors (Lipinski definition) is 7. The van der Waals surface area contributed by atoms with Gasteiger partial charge < -0.3 is 19.0 Å². The maximum atomic E-state index is 11.9. The minimum absolute atomic E-state index is 0.0117. The van der Waals surface area contributed by atoms with Crippen LogP contribution in [-0.4, -0.2) is 40.5 Å². The Hall–Kier alpha value is -3.50. The number of thioether (sulfide) groups is 1. The van der Waals surface area contributed by atoms with Crippen LogP contribution in [0.5, 0.6) is 11.5 Å². The number of aliphatic carboxylic acids is 1. The number of nitrogens with zero attached hydrogens (tertiary/aromatic N) is 2. The van der Waals surface area contributed by atoms with Crippen molar-refractivity contribution in [2.75, 3.05) is 14.2 Å². The number of aromatic nitrogens is 3. The molecular formula is C24H20BrN3O5S. The van der Waals surface area contributed by atoms with Gasteiger partial charge in [0.15, 0.2) is 5.82 Å². The van der Waals surface area contributed by atoms with Crippen LogP contribution in [0.3, 0.4) is 0 Å². The summed E-state index contributed by atoms with van der Waals surface area (Å²) in [5.74, 6) is 1.56. The molecule has 0 radical (unpaired) electrons. The lowest BCUT2D eigenvalue weighted by Crippen LogP contribution is -1.97. The van der Waals surface area contributed by atoms with Crippen molar-refractivity contribution in [2.45, 2.75) is 12.1 Å². The van der Waals surface area contributed by atoms with Gasteiger partial charge in [-0.25, -0.2) is 9.78 Å². The molecule has 2 aromatic heterocycles. The Morgan fingerprint density at radius 3 is 2.50 bits per heavy atom. The molecule has 0 aliphatic rings. The van der Waals surface area contributed by atoms with Crippen molar-refractivity contribution in [3.63, 3.8) is 0 Å². The van der Waals surface area contributed by atoms with E-state index in [2.05, 4.69) is 31.1 Å². The largest absolute Gasteiger partial charge is 0.497 e. The summed E-state index contributed by atoms with van der Waals surface area (Å²) >= 11 is 4.46. The molecule has 2 heterocycles. The van der Waals surface area contributed by atoms with Crippen LogP contribution in [0.4, 0.5) is 0 Å². The number of H-pyrrole nitrogens is 1. The Balaban J connectivity index is 1.58. The number of carbonyl (C=O) groups is 1. The standard InChI is InChI=1S/C24H20BrN3O5S/c1-13-4-6-18(19(25)8-13)20-7-5-15(33-20)12-21(23(29)30)34-24-26-22(27-28-24)14-9-16(31-2)11-17(10-14)32-3/h4-12H,1-3H3,(H,29,30)(H,26,27,28)/b21-12-. The second-order valence-electron chi connectivity index (χ2n) is 7.17. The van der Waals surface area contributed by atoms with E-state index in [-0.39, 0.29) is 10.1 Å². The molecule has 2 aromatic carbocycles. The highest BCUT2D eigenvalue weighted by atomic mass is 79.9. The number of methoxy groups -OCH3 is 2. The second-order valence-corrected chi connectivity index (χ2v) is 9.03. The number of furan rings is 1. The zero-order valence-corrected chi connectivity index (χ0v) is 20.9. The number of rotatable bonds is 8. The molecule has 0 aliphatic heterocycles. The van der Waals surface area contributed by atoms with E-state index in [0.29, 0.717) is 34.4 Å². The zero-order valence-electron chi connectivity index (χ0n) is 18.5. The number of aromatic amines is 1. The fourth-order valence-electron chi connectivity index (χ4n) is 3.12. The summed E-state index contributed by atoms with van der Waals surface area (Å²) in [6, 6.07) is 14.7. The quantitative estimate of drug-likeness (QED) is 0.205. The molecule has 0 amide bonds. The predicted molar refractivity (Wildman–Crippen MR) is 133 cm³/mol. The number of hydrogen-bond donors (Lipinski definition) is 2. The van der Waals surface area contributed by atoms with Crippen molar-refractivity contribution in [2.24, 2.45) is 0 Å². The maximum absolute atomic E-state index is 11.9. The van der Waals surface area contributed by atoms with Gasteiger partial charge in [0.05, 0.1) is 14.2 Å². The molecule has 8 nitrogen and oxygen atoms in total. The van der Waals surface area contributed by atoms with Gasteiger partial charge in [-0.05, 0) is 60.6 Å². The Labute approximate surface area is 208 Å². The minimum atomic E-state index is -1.12. The van der Waals surface area contributed by atoms with Gasteiger partial charge in [-0.15, -0.1) is 5.10 Å². The molecule has 0 fully saturated rings. The number of ether oxygens (including phenoxy) is 2. The molecule has 0 saturated heterocycles. The lowest BCUT2D eigenvalue weighted by Gasteiger charge is -2.06. The van der Waals surface area contributed by atoms with E-state index in [1.54, 1.807) is 44.6 Å². The second kappa shape index (κ2) is 10.2. The molecule has 0 spiro atoms. The van der Waals surface area contributed by atoms with Gasteiger partial charge in [0.25, 0.3) is 0 Å². The van der Waals surface area contributed by atoms with Crippen LogP contribution in [0, 0.1) is 6.92 Å². The molecule has 174 valence electrons. The molecule has 0 saturated carbocycles. The lowest BCUT2D eigenvalue weighted by atomic mass is 10.1. The smallest absolute Gasteiger partial charge is 0.342 e. The fraction of sp³-hybridized carbons (Fsp3) is 0.125. The van der Waals surface area contributed by atoms with Crippen molar-refractivity contribution >= 4 is 39.7 Å². The third kappa shape index (κ3) is 5.35. The number of halogens is 1. The van der Waals surface area contributed by atoms with Crippen molar-refractivity contribution in [3.8, 4) is 34.2 Å². The van der Waals surface area contributed by atoms with Gasteiger partial charge >= 0.3 is 5.97 Å².